The first-order valence-corrected chi connectivity index (χ1v) is 16.1. The molecular weight excluding hydrogens is 538 g/mol. The van der Waals surface area contributed by atoms with Crippen molar-refractivity contribution in [1.82, 2.24) is 24.8 Å². The lowest BCUT2D eigenvalue weighted by atomic mass is 10.0. The highest BCUT2D eigenvalue weighted by Crippen LogP contribution is 2.37. The van der Waals surface area contributed by atoms with Gasteiger partial charge in [0.05, 0.1) is 42.5 Å². The van der Waals surface area contributed by atoms with Crippen molar-refractivity contribution in [2.45, 2.75) is 32.4 Å². The van der Waals surface area contributed by atoms with E-state index in [1.807, 2.05) is 0 Å². The molecule has 0 saturated carbocycles. The molecule has 0 amide bonds. The van der Waals surface area contributed by atoms with Gasteiger partial charge in [0.15, 0.2) is 0 Å². The third-order valence-corrected chi connectivity index (χ3v) is 9.07. The maximum Gasteiger partial charge on any atom is 0.238 e. The van der Waals surface area contributed by atoms with Crippen molar-refractivity contribution in [2.24, 2.45) is 0 Å². The molecular formula is C26H37N7O4S2. The molecule has 1 N–H and O–H groups in total. The number of aromatic nitrogens is 3. The second-order valence-electron chi connectivity index (χ2n) is 10.1. The molecule has 212 valence electrons. The van der Waals surface area contributed by atoms with Gasteiger partial charge in [-0.25, -0.2) is 23.4 Å². The van der Waals surface area contributed by atoms with Crippen LogP contribution in [-0.2, 0) is 21.3 Å². The highest BCUT2D eigenvalue weighted by molar-refractivity contribution is 7.92. The van der Waals surface area contributed by atoms with Gasteiger partial charge >= 0.3 is 0 Å². The Morgan fingerprint density at radius 1 is 1.21 bits per heavy atom. The zero-order valence-electron chi connectivity index (χ0n) is 23.0. The number of piperidine rings is 1. The Bertz CT molecular complexity index is 1400. The Balaban J connectivity index is 1.52. The number of methoxy groups -OCH3 is 1. The van der Waals surface area contributed by atoms with Crippen LogP contribution in [0.15, 0.2) is 17.6 Å². The molecule has 0 radical (unpaired) electrons. The van der Waals surface area contributed by atoms with E-state index in [1.165, 1.54) is 25.5 Å². The van der Waals surface area contributed by atoms with E-state index in [9.17, 15) is 8.42 Å². The van der Waals surface area contributed by atoms with Gasteiger partial charge in [0.1, 0.15) is 5.69 Å². The van der Waals surface area contributed by atoms with Gasteiger partial charge in [-0.05, 0) is 51.0 Å². The smallest absolute Gasteiger partial charge is 0.238 e. The number of nitrogens with zero attached hydrogens (tertiary/aromatic N) is 6. The second-order valence-corrected chi connectivity index (χ2v) is 12.8. The van der Waals surface area contributed by atoms with Gasteiger partial charge in [-0.1, -0.05) is 6.92 Å². The molecule has 11 nitrogen and oxygen atoms in total. The first-order valence-electron chi connectivity index (χ1n) is 13.3. The van der Waals surface area contributed by atoms with Crippen molar-refractivity contribution in [3.63, 3.8) is 0 Å². The predicted octanol–water partition coefficient (Wildman–Crippen LogP) is 2.89. The standard InChI is InChI=1S/C26H37N7O4S2/c1-5-31(2)20-6-8-32(9-7-20)16-19-17-38-24-22(28-26(29-23(19)24)33-10-12-37-13-11-33)18-14-21(30-39(4,34)35)25(36-3)27-15-18/h14-15,17,20,30H,5-13,16H2,1-4H3. The molecule has 13 heteroatoms. The second kappa shape index (κ2) is 11.9. The van der Waals surface area contributed by atoms with Crippen LogP contribution in [0.4, 0.5) is 11.6 Å². The third kappa shape index (κ3) is 6.43. The summed E-state index contributed by atoms with van der Waals surface area (Å²) in [6.07, 6.45) is 5.11. The summed E-state index contributed by atoms with van der Waals surface area (Å²) in [5.74, 6) is 0.851. The van der Waals surface area contributed by atoms with Crippen LogP contribution in [-0.4, -0.2) is 106 Å². The molecule has 5 rings (SSSR count). The zero-order chi connectivity index (χ0) is 27.6. The summed E-state index contributed by atoms with van der Waals surface area (Å²) in [4.78, 5) is 21.5. The molecule has 2 aliphatic rings. The van der Waals surface area contributed by atoms with Crippen LogP contribution in [0.3, 0.4) is 0 Å². The number of sulfonamides is 1. The summed E-state index contributed by atoms with van der Waals surface area (Å²) < 4.78 is 38.4. The van der Waals surface area contributed by atoms with Gasteiger partial charge in [0.25, 0.3) is 0 Å². The lowest BCUT2D eigenvalue weighted by Crippen LogP contribution is -2.42. The van der Waals surface area contributed by atoms with Crippen LogP contribution in [0.2, 0.25) is 0 Å². The number of ether oxygens (including phenoxy) is 2. The number of likely N-dealkylation sites (tertiary alicyclic amines) is 1. The number of hydrogen-bond donors (Lipinski definition) is 1. The Morgan fingerprint density at radius 2 is 1.95 bits per heavy atom. The van der Waals surface area contributed by atoms with Crippen molar-refractivity contribution in [3.05, 3.63) is 23.2 Å². The van der Waals surface area contributed by atoms with E-state index in [1.54, 1.807) is 23.6 Å². The molecule has 2 fully saturated rings. The average molecular weight is 576 g/mol. The largest absolute Gasteiger partial charge is 0.480 e. The quantitative estimate of drug-likeness (QED) is 0.409. The number of rotatable bonds is 9. The summed E-state index contributed by atoms with van der Waals surface area (Å²) in [5, 5.41) is 2.18. The van der Waals surface area contributed by atoms with Gasteiger partial charge in [-0.2, -0.15) is 0 Å². The topological polar surface area (TPSA) is 113 Å². The molecule has 0 spiro atoms. The van der Waals surface area contributed by atoms with E-state index in [0.717, 1.165) is 48.3 Å². The Hall–Kier alpha value is -2.58. The highest BCUT2D eigenvalue weighted by atomic mass is 32.2. The molecule has 39 heavy (non-hydrogen) atoms. The average Bonchev–Trinajstić information content (AvgIpc) is 3.34. The fraction of sp³-hybridized carbons (Fsp3) is 0.577. The number of morpholine rings is 1. The van der Waals surface area contributed by atoms with Crippen LogP contribution < -0.4 is 14.4 Å². The summed E-state index contributed by atoms with van der Waals surface area (Å²) in [6.45, 7) is 8.92. The van der Waals surface area contributed by atoms with Crippen molar-refractivity contribution in [1.29, 1.82) is 0 Å². The summed E-state index contributed by atoms with van der Waals surface area (Å²) in [5.41, 5.74) is 3.82. The van der Waals surface area contributed by atoms with Gasteiger partial charge in [0.2, 0.25) is 21.9 Å². The van der Waals surface area contributed by atoms with E-state index in [-0.39, 0.29) is 11.6 Å². The third-order valence-electron chi connectivity index (χ3n) is 7.46. The van der Waals surface area contributed by atoms with Crippen molar-refractivity contribution >= 4 is 43.2 Å². The first-order chi connectivity index (χ1) is 18.8. The van der Waals surface area contributed by atoms with E-state index < -0.39 is 10.0 Å². The normalized spacial score (nSPS) is 17.7. The SMILES string of the molecule is CCN(C)C1CCN(Cc2csc3c(-c4cnc(OC)c(NS(C)(=O)=O)c4)nc(N4CCOCC4)nc23)CC1. The summed E-state index contributed by atoms with van der Waals surface area (Å²) >= 11 is 1.62. The van der Waals surface area contributed by atoms with E-state index >= 15 is 0 Å². The highest BCUT2D eigenvalue weighted by Gasteiger charge is 2.25. The van der Waals surface area contributed by atoms with E-state index in [2.05, 4.69) is 43.8 Å². The Kier molecular flexibility index (Phi) is 8.52. The molecule has 0 bridgehead atoms. The number of thiophene rings is 1. The maximum absolute atomic E-state index is 12.0. The molecule has 2 saturated heterocycles. The Morgan fingerprint density at radius 3 is 2.62 bits per heavy atom. The molecule has 5 heterocycles. The van der Waals surface area contributed by atoms with Crippen LogP contribution in [0.25, 0.3) is 21.5 Å². The lowest BCUT2D eigenvalue weighted by Gasteiger charge is -2.36. The fourth-order valence-corrected chi connectivity index (χ4v) is 6.76. The van der Waals surface area contributed by atoms with Crippen molar-refractivity contribution in [3.8, 4) is 17.1 Å². The Labute approximate surface area is 234 Å². The van der Waals surface area contributed by atoms with Crippen LogP contribution >= 0.6 is 11.3 Å². The summed E-state index contributed by atoms with van der Waals surface area (Å²) in [6, 6.07) is 2.37. The monoisotopic (exact) mass is 575 g/mol. The summed E-state index contributed by atoms with van der Waals surface area (Å²) in [7, 11) is 0.143. The van der Waals surface area contributed by atoms with Crippen LogP contribution in [0, 0.1) is 0 Å². The lowest BCUT2D eigenvalue weighted by molar-refractivity contribution is 0.122. The molecule has 3 aromatic rings. The first kappa shape index (κ1) is 28.0. The molecule has 0 aromatic carbocycles. The molecule has 3 aromatic heterocycles. The van der Waals surface area contributed by atoms with Gasteiger partial charge in [0, 0.05) is 43.0 Å². The molecule has 2 aliphatic heterocycles. The van der Waals surface area contributed by atoms with Crippen molar-refractivity contribution < 1.29 is 17.9 Å². The predicted molar refractivity (Wildman–Crippen MR) is 155 cm³/mol. The molecule has 0 atom stereocenters. The van der Waals surface area contributed by atoms with E-state index in [4.69, 9.17) is 19.4 Å². The van der Waals surface area contributed by atoms with E-state index in [0.29, 0.717) is 43.9 Å². The minimum atomic E-state index is -3.53. The number of anilines is 2. The van der Waals surface area contributed by atoms with Gasteiger partial charge in [-0.15, -0.1) is 11.3 Å². The number of fused-ring (bicyclic) bond motifs is 1. The van der Waals surface area contributed by atoms with Crippen molar-refractivity contribution in [2.75, 3.05) is 76.0 Å². The zero-order valence-corrected chi connectivity index (χ0v) is 24.6. The number of pyridine rings is 1. The van der Waals surface area contributed by atoms with Crippen LogP contribution in [0.1, 0.15) is 25.3 Å². The van der Waals surface area contributed by atoms with Gasteiger partial charge in [-0.3, -0.25) is 9.62 Å². The van der Waals surface area contributed by atoms with Crippen LogP contribution in [0.5, 0.6) is 5.88 Å². The molecule has 0 aliphatic carbocycles. The minimum absolute atomic E-state index is 0.201. The maximum atomic E-state index is 12.0. The fourth-order valence-electron chi connectivity index (χ4n) is 5.20. The van der Waals surface area contributed by atoms with Gasteiger partial charge < -0.3 is 19.3 Å². The minimum Gasteiger partial charge on any atom is -0.480 e. The number of nitrogens with one attached hydrogen (secondary N) is 1. The molecule has 0 unspecified atom stereocenters. The number of hydrogen-bond acceptors (Lipinski definition) is 11.